The highest BCUT2D eigenvalue weighted by Crippen LogP contribution is 2.22. The maximum Gasteiger partial charge on any atom is 0.264 e. The summed E-state index contributed by atoms with van der Waals surface area (Å²) in [4.78, 5) is 19.4. The van der Waals surface area contributed by atoms with E-state index in [1.807, 2.05) is 47.5 Å². The fraction of sp³-hybridized carbons (Fsp3) is 0.318. The molecule has 0 aliphatic carbocycles. The SMILES string of the molecule is Cc1ccccc1OCc1csc(C(=O)N2CCN(Cc3cccs3)CC2)c1. The number of hydrogen-bond acceptors (Lipinski definition) is 5. The van der Waals surface area contributed by atoms with E-state index in [4.69, 9.17) is 4.74 Å². The van der Waals surface area contributed by atoms with Gasteiger partial charge < -0.3 is 9.64 Å². The Bertz CT molecular complexity index is 912. The number of carbonyl (C=O) groups is 1. The fourth-order valence-electron chi connectivity index (χ4n) is 3.33. The minimum absolute atomic E-state index is 0.142. The van der Waals surface area contributed by atoms with E-state index in [9.17, 15) is 4.79 Å². The van der Waals surface area contributed by atoms with Gasteiger partial charge in [-0.15, -0.1) is 22.7 Å². The van der Waals surface area contributed by atoms with Crippen LogP contribution in [0.15, 0.2) is 53.2 Å². The molecule has 2 aromatic heterocycles. The number of nitrogens with zero attached hydrogens (tertiary/aromatic N) is 2. The van der Waals surface area contributed by atoms with Crippen molar-refractivity contribution in [1.29, 1.82) is 0 Å². The van der Waals surface area contributed by atoms with Gasteiger partial charge in [0, 0.05) is 43.2 Å². The highest BCUT2D eigenvalue weighted by Gasteiger charge is 2.23. The van der Waals surface area contributed by atoms with Gasteiger partial charge in [0.05, 0.1) is 4.88 Å². The molecule has 0 saturated carbocycles. The molecule has 0 unspecified atom stereocenters. The number of piperazine rings is 1. The minimum atomic E-state index is 0.142. The summed E-state index contributed by atoms with van der Waals surface area (Å²) in [5.74, 6) is 1.03. The van der Waals surface area contributed by atoms with Crippen molar-refractivity contribution in [2.75, 3.05) is 26.2 Å². The van der Waals surface area contributed by atoms with Gasteiger partial charge in [0.15, 0.2) is 0 Å². The third-order valence-corrected chi connectivity index (χ3v) is 6.80. The molecular weight excluding hydrogens is 388 g/mol. The van der Waals surface area contributed by atoms with E-state index in [0.717, 1.165) is 54.5 Å². The van der Waals surface area contributed by atoms with Crippen molar-refractivity contribution in [2.45, 2.75) is 20.1 Å². The van der Waals surface area contributed by atoms with Crippen LogP contribution in [0.25, 0.3) is 0 Å². The second-order valence-corrected chi connectivity index (χ2v) is 8.96. The van der Waals surface area contributed by atoms with Gasteiger partial charge in [-0.05, 0) is 41.4 Å². The van der Waals surface area contributed by atoms with Crippen LogP contribution in [0.5, 0.6) is 5.75 Å². The zero-order valence-corrected chi connectivity index (χ0v) is 17.6. The maximum atomic E-state index is 12.8. The van der Waals surface area contributed by atoms with Crippen molar-refractivity contribution >= 4 is 28.6 Å². The molecule has 1 saturated heterocycles. The number of hydrogen-bond donors (Lipinski definition) is 0. The van der Waals surface area contributed by atoms with E-state index in [0.29, 0.717) is 6.61 Å². The topological polar surface area (TPSA) is 32.8 Å². The highest BCUT2D eigenvalue weighted by atomic mass is 32.1. The van der Waals surface area contributed by atoms with E-state index in [1.54, 1.807) is 11.3 Å². The maximum absolute atomic E-state index is 12.8. The number of aryl methyl sites for hydroxylation is 1. The number of thiophene rings is 2. The standard InChI is InChI=1S/C22H24N2O2S2/c1-17-5-2-3-7-20(17)26-15-18-13-21(28-16-18)22(25)24-10-8-23(9-11-24)14-19-6-4-12-27-19/h2-7,12-13,16H,8-11,14-15H2,1H3. The van der Waals surface area contributed by atoms with Gasteiger partial charge in [0.2, 0.25) is 0 Å². The summed E-state index contributed by atoms with van der Waals surface area (Å²) >= 11 is 3.31. The summed E-state index contributed by atoms with van der Waals surface area (Å²) < 4.78 is 5.90. The van der Waals surface area contributed by atoms with Crippen molar-refractivity contribution in [2.24, 2.45) is 0 Å². The lowest BCUT2D eigenvalue weighted by Crippen LogP contribution is -2.48. The Morgan fingerprint density at radius 1 is 1.07 bits per heavy atom. The Morgan fingerprint density at radius 3 is 2.64 bits per heavy atom. The Hall–Kier alpha value is -2.15. The molecule has 0 spiro atoms. The van der Waals surface area contributed by atoms with Crippen LogP contribution in [0.4, 0.5) is 0 Å². The fourth-order valence-corrected chi connectivity index (χ4v) is 4.94. The zero-order valence-electron chi connectivity index (χ0n) is 16.0. The molecule has 0 radical (unpaired) electrons. The van der Waals surface area contributed by atoms with E-state index in [1.165, 1.54) is 16.2 Å². The van der Waals surface area contributed by atoms with Gasteiger partial charge in [-0.2, -0.15) is 0 Å². The van der Waals surface area contributed by atoms with Crippen LogP contribution < -0.4 is 4.74 Å². The number of rotatable bonds is 6. The molecule has 1 aliphatic heterocycles. The summed E-state index contributed by atoms with van der Waals surface area (Å²) in [6.45, 7) is 6.95. The monoisotopic (exact) mass is 412 g/mol. The van der Waals surface area contributed by atoms with Crippen LogP contribution in [0.1, 0.15) is 25.7 Å². The normalized spacial score (nSPS) is 15.0. The Kier molecular flexibility index (Phi) is 6.10. The molecule has 1 amide bonds. The van der Waals surface area contributed by atoms with Crippen LogP contribution in [0.3, 0.4) is 0 Å². The van der Waals surface area contributed by atoms with Crippen molar-refractivity contribution in [3.8, 4) is 5.75 Å². The third kappa shape index (κ3) is 4.63. The first-order chi connectivity index (χ1) is 13.7. The van der Waals surface area contributed by atoms with Gasteiger partial charge in [0.1, 0.15) is 12.4 Å². The molecular formula is C22H24N2O2S2. The summed E-state index contributed by atoms with van der Waals surface area (Å²) in [6.07, 6.45) is 0. The van der Waals surface area contributed by atoms with Crippen molar-refractivity contribution < 1.29 is 9.53 Å². The predicted octanol–water partition coefficient (Wildman–Crippen LogP) is 4.66. The second-order valence-electron chi connectivity index (χ2n) is 7.02. The van der Waals surface area contributed by atoms with Crippen LogP contribution in [0.2, 0.25) is 0 Å². The first kappa shape index (κ1) is 19.2. The zero-order chi connectivity index (χ0) is 19.3. The lowest BCUT2D eigenvalue weighted by Gasteiger charge is -2.34. The predicted molar refractivity (Wildman–Crippen MR) is 115 cm³/mol. The van der Waals surface area contributed by atoms with Crippen molar-refractivity contribution in [3.63, 3.8) is 0 Å². The molecule has 0 atom stereocenters. The molecule has 3 heterocycles. The Balaban J connectivity index is 1.29. The first-order valence-corrected chi connectivity index (χ1v) is 11.2. The van der Waals surface area contributed by atoms with Crippen molar-refractivity contribution in [1.82, 2.24) is 9.80 Å². The average molecular weight is 413 g/mol. The molecule has 28 heavy (non-hydrogen) atoms. The van der Waals surface area contributed by atoms with Gasteiger partial charge in [-0.1, -0.05) is 24.3 Å². The van der Waals surface area contributed by atoms with Gasteiger partial charge in [-0.25, -0.2) is 0 Å². The molecule has 1 fully saturated rings. The number of benzene rings is 1. The Labute approximate surface area is 174 Å². The molecule has 1 aromatic carbocycles. The largest absolute Gasteiger partial charge is 0.489 e. The van der Waals surface area contributed by atoms with Crippen LogP contribution in [0, 0.1) is 6.92 Å². The lowest BCUT2D eigenvalue weighted by atomic mass is 10.2. The number of amides is 1. The Morgan fingerprint density at radius 2 is 1.89 bits per heavy atom. The van der Waals surface area contributed by atoms with E-state index < -0.39 is 0 Å². The molecule has 146 valence electrons. The summed E-state index contributed by atoms with van der Waals surface area (Å²) in [7, 11) is 0. The number of para-hydroxylation sites is 1. The van der Waals surface area contributed by atoms with Gasteiger partial charge in [0.25, 0.3) is 5.91 Å². The van der Waals surface area contributed by atoms with E-state index in [2.05, 4.69) is 22.4 Å². The quantitative estimate of drug-likeness (QED) is 0.591. The molecule has 1 aliphatic rings. The average Bonchev–Trinajstić information content (AvgIpc) is 3.39. The van der Waals surface area contributed by atoms with E-state index >= 15 is 0 Å². The molecule has 4 rings (SSSR count). The summed E-state index contributed by atoms with van der Waals surface area (Å²) in [5, 5.41) is 4.14. The molecule has 4 nitrogen and oxygen atoms in total. The number of ether oxygens (including phenoxy) is 1. The van der Waals surface area contributed by atoms with Gasteiger partial charge >= 0.3 is 0 Å². The minimum Gasteiger partial charge on any atom is -0.489 e. The van der Waals surface area contributed by atoms with Crippen LogP contribution in [-0.4, -0.2) is 41.9 Å². The smallest absolute Gasteiger partial charge is 0.264 e. The summed E-state index contributed by atoms with van der Waals surface area (Å²) in [6, 6.07) is 14.2. The lowest BCUT2D eigenvalue weighted by molar-refractivity contribution is 0.0634. The molecule has 3 aromatic rings. The highest BCUT2D eigenvalue weighted by molar-refractivity contribution is 7.12. The van der Waals surface area contributed by atoms with Crippen LogP contribution in [-0.2, 0) is 13.2 Å². The number of carbonyl (C=O) groups excluding carboxylic acids is 1. The van der Waals surface area contributed by atoms with E-state index in [-0.39, 0.29) is 5.91 Å². The molecule has 6 heteroatoms. The molecule has 0 bridgehead atoms. The first-order valence-electron chi connectivity index (χ1n) is 9.49. The van der Waals surface area contributed by atoms with Crippen molar-refractivity contribution in [3.05, 3.63) is 74.1 Å². The molecule has 0 N–H and O–H groups in total. The third-order valence-electron chi connectivity index (χ3n) is 4.97. The summed E-state index contributed by atoms with van der Waals surface area (Å²) in [5.41, 5.74) is 2.17. The van der Waals surface area contributed by atoms with Crippen LogP contribution >= 0.6 is 22.7 Å². The van der Waals surface area contributed by atoms with Gasteiger partial charge in [-0.3, -0.25) is 9.69 Å². The second kappa shape index (κ2) is 8.90.